The summed E-state index contributed by atoms with van der Waals surface area (Å²) >= 11 is 2.28. The highest BCUT2D eigenvalue weighted by atomic mass is 32.2. The van der Waals surface area contributed by atoms with Gasteiger partial charge in [-0.3, -0.25) is 14.5 Å². The van der Waals surface area contributed by atoms with Crippen molar-refractivity contribution in [3.63, 3.8) is 0 Å². The van der Waals surface area contributed by atoms with Crippen molar-refractivity contribution in [2.75, 3.05) is 18.1 Å². The number of aromatic nitrogens is 3. The van der Waals surface area contributed by atoms with Gasteiger partial charge in [-0.2, -0.15) is 9.36 Å². The Bertz CT molecular complexity index is 1240. The number of β-lactam (4-membered cyclic amide) rings is 1. The first kappa shape index (κ1) is 24.6. The topological polar surface area (TPSA) is 164 Å². The molecule has 4 N–H and O–H groups in total. The highest BCUT2D eigenvalue weighted by Crippen LogP contribution is 2.40. The number of nitrogen functional groups attached to an aromatic ring is 1. The van der Waals surface area contributed by atoms with Crippen LogP contribution in [0.25, 0.3) is 0 Å². The van der Waals surface area contributed by atoms with Crippen molar-refractivity contribution >= 4 is 51.9 Å². The number of rotatable bonds is 8. The van der Waals surface area contributed by atoms with Crippen LogP contribution in [0.3, 0.4) is 0 Å². The van der Waals surface area contributed by atoms with Crippen molar-refractivity contribution in [1.29, 1.82) is 0 Å². The first-order chi connectivity index (χ1) is 16.7. The second-order valence-corrected chi connectivity index (χ2v) is 9.88. The summed E-state index contributed by atoms with van der Waals surface area (Å²) in [5.41, 5.74) is 8.06. The van der Waals surface area contributed by atoms with Crippen LogP contribution in [-0.4, -0.2) is 66.6 Å². The van der Waals surface area contributed by atoms with E-state index in [9.17, 15) is 19.5 Å². The Hall–Kier alpha value is -3.52. The molecule has 0 spiro atoms. The normalized spacial score (nSPS) is 19.8. The third-order valence-corrected chi connectivity index (χ3v) is 7.14. The van der Waals surface area contributed by atoms with Crippen LogP contribution in [0.4, 0.5) is 5.13 Å². The van der Waals surface area contributed by atoms with E-state index in [1.54, 1.807) is 6.92 Å². The van der Waals surface area contributed by atoms with Gasteiger partial charge in [0.1, 0.15) is 23.7 Å². The van der Waals surface area contributed by atoms with Crippen molar-refractivity contribution in [2.24, 2.45) is 5.16 Å². The molecular weight excluding hydrogens is 494 g/mol. The maximum absolute atomic E-state index is 13.0. The molecule has 1 unspecified atom stereocenters. The third kappa shape index (κ3) is 4.98. The Labute approximate surface area is 209 Å². The number of nitrogens with two attached hydrogens (primary N) is 1. The molecule has 184 valence electrons. The number of pyridine rings is 1. The number of carbonyl (C=O) groups excluding carboxylic acids is 2. The van der Waals surface area contributed by atoms with Gasteiger partial charge in [-0.15, -0.1) is 11.8 Å². The number of carboxylic acids is 1. The van der Waals surface area contributed by atoms with Crippen molar-refractivity contribution in [3.8, 4) is 0 Å². The van der Waals surface area contributed by atoms with Crippen LogP contribution in [0.5, 0.6) is 0 Å². The molecule has 0 bridgehead atoms. The Kier molecular flexibility index (Phi) is 7.03. The molecule has 0 aromatic carbocycles. The third-order valence-electron chi connectivity index (χ3n) is 5.26. The number of oxime groups is 1. The number of hydrogen-bond acceptors (Lipinski definition) is 10. The average Bonchev–Trinajstić information content (AvgIpc) is 3.22. The Morgan fingerprint density at radius 3 is 2.69 bits per heavy atom. The summed E-state index contributed by atoms with van der Waals surface area (Å²) in [6, 6.07) is 1.10. The number of aryl methyl sites for hydroxylation is 2. The molecule has 0 aliphatic carbocycles. The van der Waals surface area contributed by atoms with Crippen molar-refractivity contribution in [1.82, 2.24) is 19.6 Å². The van der Waals surface area contributed by atoms with Gasteiger partial charge in [0.15, 0.2) is 24.1 Å². The minimum atomic E-state index is -1.19. The second kappa shape index (κ2) is 10.00. The summed E-state index contributed by atoms with van der Waals surface area (Å²) in [6.07, 6.45) is 3.85. The lowest BCUT2D eigenvalue weighted by Gasteiger charge is -2.49. The van der Waals surface area contributed by atoms with E-state index in [-0.39, 0.29) is 29.0 Å². The number of anilines is 1. The standard InChI is InChI=1S/C21H23N7O5S2/c1-4-33-25-13(16-24-21(22)35-26-16)17(29)23-14-18(30)28-15(20(31)32)12(9-34-19(14)28)8-27-6-10(2)5-11(3)7-27/h5-7,14,19H,4,8-9H2,1-3H3,(H3-,22,23,24,26,29,31,32)/p+1/t14?,19-/m0/s1. The Morgan fingerprint density at radius 1 is 1.37 bits per heavy atom. The van der Waals surface area contributed by atoms with Gasteiger partial charge in [-0.05, 0) is 26.8 Å². The predicted octanol–water partition coefficient (Wildman–Crippen LogP) is 0.204. The van der Waals surface area contributed by atoms with Gasteiger partial charge in [0.25, 0.3) is 11.8 Å². The van der Waals surface area contributed by atoms with Crippen LogP contribution in [-0.2, 0) is 25.8 Å². The molecule has 1 saturated heterocycles. The van der Waals surface area contributed by atoms with E-state index in [0.717, 1.165) is 22.7 Å². The number of nitrogens with zero attached hydrogens (tertiary/aromatic N) is 5. The predicted molar refractivity (Wildman–Crippen MR) is 128 cm³/mol. The van der Waals surface area contributed by atoms with Crippen LogP contribution in [0.1, 0.15) is 23.9 Å². The van der Waals surface area contributed by atoms with Gasteiger partial charge in [0.2, 0.25) is 11.5 Å². The molecule has 12 nitrogen and oxygen atoms in total. The van der Waals surface area contributed by atoms with Gasteiger partial charge in [-0.25, -0.2) is 9.36 Å². The summed E-state index contributed by atoms with van der Waals surface area (Å²) in [5, 5.41) is 15.9. The van der Waals surface area contributed by atoms with E-state index in [1.165, 1.54) is 16.7 Å². The van der Waals surface area contributed by atoms with Gasteiger partial charge >= 0.3 is 5.97 Å². The minimum Gasteiger partial charge on any atom is -0.477 e. The molecule has 1 fully saturated rings. The number of amides is 2. The molecule has 35 heavy (non-hydrogen) atoms. The fourth-order valence-electron chi connectivity index (χ4n) is 3.96. The number of thioether (sulfide) groups is 1. The molecule has 4 rings (SSSR count). The summed E-state index contributed by atoms with van der Waals surface area (Å²) in [6.45, 7) is 6.17. The molecule has 14 heteroatoms. The highest BCUT2D eigenvalue weighted by Gasteiger charge is 2.54. The highest BCUT2D eigenvalue weighted by molar-refractivity contribution is 8.00. The van der Waals surface area contributed by atoms with Gasteiger partial charge in [0.05, 0.1) is 0 Å². The largest absolute Gasteiger partial charge is 0.477 e. The molecule has 4 heterocycles. The fraction of sp³-hybridized carbons (Fsp3) is 0.381. The van der Waals surface area contributed by atoms with Gasteiger partial charge < -0.3 is 21.0 Å². The van der Waals surface area contributed by atoms with Crippen molar-refractivity contribution < 1.29 is 28.9 Å². The van der Waals surface area contributed by atoms with E-state index in [1.807, 2.05) is 36.9 Å². The van der Waals surface area contributed by atoms with E-state index in [4.69, 9.17) is 10.6 Å². The molecule has 2 aromatic rings. The van der Waals surface area contributed by atoms with Crippen LogP contribution in [0.15, 0.2) is 34.9 Å². The number of hydrogen-bond donors (Lipinski definition) is 3. The lowest BCUT2D eigenvalue weighted by molar-refractivity contribution is -0.689. The number of aliphatic carboxylic acids is 1. The van der Waals surface area contributed by atoms with Crippen LogP contribution in [0.2, 0.25) is 0 Å². The van der Waals surface area contributed by atoms with Crippen LogP contribution in [0, 0.1) is 13.8 Å². The number of carbonyl (C=O) groups is 3. The minimum absolute atomic E-state index is 0.0164. The maximum Gasteiger partial charge on any atom is 0.352 e. The summed E-state index contributed by atoms with van der Waals surface area (Å²) in [7, 11) is 0. The molecule has 0 radical (unpaired) electrons. The quantitative estimate of drug-likeness (QED) is 0.192. The zero-order valence-corrected chi connectivity index (χ0v) is 20.9. The van der Waals surface area contributed by atoms with Gasteiger partial charge in [0, 0.05) is 34.0 Å². The summed E-state index contributed by atoms with van der Waals surface area (Å²) in [5.74, 6) is -2.04. The molecule has 2 aliphatic heterocycles. The first-order valence-electron chi connectivity index (χ1n) is 10.7. The van der Waals surface area contributed by atoms with E-state index in [0.29, 0.717) is 17.9 Å². The number of nitrogens with one attached hydrogen (secondary N) is 1. The monoisotopic (exact) mass is 518 g/mol. The first-order valence-corrected chi connectivity index (χ1v) is 12.5. The molecule has 2 aromatic heterocycles. The second-order valence-electron chi connectivity index (χ2n) is 8.00. The summed E-state index contributed by atoms with van der Waals surface area (Å²) in [4.78, 5) is 48.3. The Balaban J connectivity index is 1.54. The molecule has 2 atom stereocenters. The zero-order chi connectivity index (χ0) is 25.3. The SMILES string of the molecule is CCON=C(C(=O)NC1C(=O)N2C(C(=O)O)=C(C[n+]3cc(C)cc(C)c3)CS[C@@H]12)c1nsc(N)n1. The molecular formula is C21H24N7O5S2+. The fourth-order valence-corrected chi connectivity index (χ4v) is 5.73. The van der Waals surface area contributed by atoms with E-state index < -0.39 is 29.2 Å². The molecule has 0 saturated carbocycles. The number of carboxylic acid groups (broad SMARTS) is 1. The van der Waals surface area contributed by atoms with E-state index >= 15 is 0 Å². The Morgan fingerprint density at radius 2 is 2.09 bits per heavy atom. The summed E-state index contributed by atoms with van der Waals surface area (Å²) < 4.78 is 5.90. The molecule has 2 aliphatic rings. The van der Waals surface area contributed by atoms with Crippen molar-refractivity contribution in [2.45, 2.75) is 38.7 Å². The van der Waals surface area contributed by atoms with E-state index in [2.05, 4.69) is 19.8 Å². The van der Waals surface area contributed by atoms with Gasteiger partial charge in [-0.1, -0.05) is 5.16 Å². The zero-order valence-electron chi connectivity index (χ0n) is 19.2. The lowest BCUT2D eigenvalue weighted by atomic mass is 10.0. The smallest absolute Gasteiger partial charge is 0.352 e. The number of fused-ring (bicyclic) bond motifs is 1. The molecule has 2 amide bonds. The van der Waals surface area contributed by atoms with Crippen LogP contribution < -0.4 is 15.6 Å². The van der Waals surface area contributed by atoms with Crippen LogP contribution >= 0.6 is 23.3 Å². The maximum atomic E-state index is 13.0. The lowest BCUT2D eigenvalue weighted by Crippen LogP contribution is -2.71. The average molecular weight is 519 g/mol. The van der Waals surface area contributed by atoms with Crippen molar-refractivity contribution in [3.05, 3.63) is 46.7 Å².